The maximum absolute atomic E-state index is 12.5. The first-order valence-corrected chi connectivity index (χ1v) is 5.83. The van der Waals surface area contributed by atoms with Crippen LogP contribution in [0.15, 0.2) is 0 Å². The maximum Gasteiger partial charge on any atom is 0.401 e. The van der Waals surface area contributed by atoms with Crippen LogP contribution < -0.4 is 5.73 Å². The third-order valence-electron chi connectivity index (χ3n) is 2.59. The van der Waals surface area contributed by atoms with Gasteiger partial charge in [0.05, 0.1) is 13.2 Å². The minimum atomic E-state index is -4.18. The van der Waals surface area contributed by atoms with Crippen molar-refractivity contribution in [1.29, 1.82) is 0 Å². The van der Waals surface area contributed by atoms with Crippen molar-refractivity contribution in [2.45, 2.75) is 44.9 Å². The minimum Gasteiger partial charge on any atom is -0.383 e. The van der Waals surface area contributed by atoms with E-state index in [1.807, 2.05) is 0 Å². The summed E-state index contributed by atoms with van der Waals surface area (Å²) >= 11 is 0. The maximum atomic E-state index is 12.5. The van der Waals surface area contributed by atoms with Gasteiger partial charge >= 0.3 is 6.18 Å². The largest absolute Gasteiger partial charge is 0.401 e. The molecule has 2 N–H and O–H groups in total. The van der Waals surface area contributed by atoms with Gasteiger partial charge in [-0.3, -0.25) is 4.90 Å². The Hall–Kier alpha value is -0.330. The van der Waals surface area contributed by atoms with Crippen LogP contribution in [0.2, 0.25) is 0 Å². The second-order valence-electron chi connectivity index (χ2n) is 4.42. The van der Waals surface area contributed by atoms with Crippen molar-refractivity contribution < 1.29 is 17.9 Å². The van der Waals surface area contributed by atoms with Crippen molar-refractivity contribution in [3.05, 3.63) is 0 Å². The summed E-state index contributed by atoms with van der Waals surface area (Å²) in [6.07, 6.45) is -2.85. The Morgan fingerprint density at radius 2 is 1.88 bits per heavy atom. The van der Waals surface area contributed by atoms with E-state index in [0.29, 0.717) is 26.0 Å². The molecule has 0 rings (SSSR count). The fourth-order valence-corrected chi connectivity index (χ4v) is 1.83. The molecule has 0 fully saturated rings. The molecule has 104 valence electrons. The average molecular weight is 256 g/mol. The van der Waals surface area contributed by atoms with E-state index < -0.39 is 12.7 Å². The fourth-order valence-electron chi connectivity index (χ4n) is 1.83. The zero-order chi connectivity index (χ0) is 13.5. The first kappa shape index (κ1) is 16.7. The topological polar surface area (TPSA) is 38.5 Å². The van der Waals surface area contributed by atoms with Crippen LogP contribution in [0, 0.1) is 0 Å². The first-order valence-electron chi connectivity index (χ1n) is 5.83. The lowest BCUT2D eigenvalue weighted by Gasteiger charge is -2.35. The van der Waals surface area contributed by atoms with Crippen molar-refractivity contribution in [1.82, 2.24) is 4.90 Å². The molecule has 1 unspecified atom stereocenters. The predicted octanol–water partition coefficient (Wildman–Crippen LogP) is 2.01. The van der Waals surface area contributed by atoms with E-state index in [-0.39, 0.29) is 12.1 Å². The van der Waals surface area contributed by atoms with Crippen LogP contribution in [-0.4, -0.2) is 50.0 Å². The lowest BCUT2D eigenvalue weighted by Crippen LogP contribution is -2.48. The summed E-state index contributed by atoms with van der Waals surface area (Å²) in [7, 11) is 1.50. The van der Waals surface area contributed by atoms with Crippen molar-refractivity contribution in [2.75, 3.05) is 26.8 Å². The molecule has 1 atom stereocenters. The average Bonchev–Trinajstić information content (AvgIpc) is 2.19. The minimum absolute atomic E-state index is 0.172. The molecule has 0 aliphatic rings. The lowest BCUT2D eigenvalue weighted by molar-refractivity contribution is -0.158. The summed E-state index contributed by atoms with van der Waals surface area (Å²) in [6, 6.07) is -0.403. The molecule has 0 saturated heterocycles. The number of nitrogens with two attached hydrogens (primary N) is 1. The van der Waals surface area contributed by atoms with Crippen LogP contribution in [0.5, 0.6) is 0 Å². The van der Waals surface area contributed by atoms with Crippen LogP contribution in [0.1, 0.15) is 26.7 Å². The van der Waals surface area contributed by atoms with E-state index in [4.69, 9.17) is 10.5 Å². The monoisotopic (exact) mass is 256 g/mol. The Bertz CT molecular complexity index is 198. The molecule has 17 heavy (non-hydrogen) atoms. The molecule has 0 saturated carbocycles. The number of nitrogens with zero attached hydrogens (tertiary/aromatic N) is 1. The molecule has 6 heteroatoms. The van der Waals surface area contributed by atoms with Gasteiger partial charge in [-0.05, 0) is 33.2 Å². The molecule has 0 bridgehead atoms. The molecule has 0 radical (unpaired) electrons. The van der Waals surface area contributed by atoms with Gasteiger partial charge in [-0.15, -0.1) is 0 Å². The number of hydrogen-bond donors (Lipinski definition) is 1. The van der Waals surface area contributed by atoms with Gasteiger partial charge in [-0.25, -0.2) is 0 Å². The molecular formula is C11H23F3N2O. The van der Waals surface area contributed by atoms with Crippen LogP contribution >= 0.6 is 0 Å². The van der Waals surface area contributed by atoms with Gasteiger partial charge in [0.2, 0.25) is 0 Å². The van der Waals surface area contributed by atoms with Crippen LogP contribution in [0.4, 0.5) is 13.2 Å². The van der Waals surface area contributed by atoms with Crippen LogP contribution in [0.3, 0.4) is 0 Å². The molecule has 0 aliphatic heterocycles. The summed E-state index contributed by atoms with van der Waals surface area (Å²) in [5.74, 6) is 0. The molecule has 3 nitrogen and oxygen atoms in total. The van der Waals surface area contributed by atoms with E-state index in [9.17, 15) is 13.2 Å². The number of halogens is 3. The third-order valence-corrected chi connectivity index (χ3v) is 2.59. The Kier molecular flexibility index (Phi) is 7.74. The van der Waals surface area contributed by atoms with Gasteiger partial charge in [-0.1, -0.05) is 0 Å². The van der Waals surface area contributed by atoms with Crippen LogP contribution in [0.25, 0.3) is 0 Å². The Labute approximate surface area is 101 Å². The summed E-state index contributed by atoms with van der Waals surface area (Å²) < 4.78 is 42.4. The molecule has 0 aromatic heterocycles. The number of rotatable bonds is 8. The molecular weight excluding hydrogens is 233 g/mol. The Morgan fingerprint density at radius 3 is 2.24 bits per heavy atom. The van der Waals surface area contributed by atoms with Gasteiger partial charge in [0.1, 0.15) is 0 Å². The summed E-state index contributed by atoms with van der Waals surface area (Å²) in [5.41, 5.74) is 5.39. The first-order chi connectivity index (χ1) is 7.81. The van der Waals surface area contributed by atoms with E-state index in [1.54, 1.807) is 13.8 Å². The summed E-state index contributed by atoms with van der Waals surface area (Å²) in [6.45, 7) is 3.41. The molecule has 0 heterocycles. The zero-order valence-corrected chi connectivity index (χ0v) is 10.8. The summed E-state index contributed by atoms with van der Waals surface area (Å²) in [4.78, 5) is 1.43. The molecule has 0 aromatic carbocycles. The van der Waals surface area contributed by atoms with E-state index >= 15 is 0 Å². The highest BCUT2D eigenvalue weighted by molar-refractivity contribution is 4.77. The SMILES string of the molecule is COCC(CCCN)N(CC(F)(F)F)C(C)C. The van der Waals surface area contributed by atoms with Crippen molar-refractivity contribution >= 4 is 0 Å². The zero-order valence-electron chi connectivity index (χ0n) is 10.8. The van der Waals surface area contributed by atoms with Crippen molar-refractivity contribution in [2.24, 2.45) is 5.73 Å². The van der Waals surface area contributed by atoms with Gasteiger partial charge in [-0.2, -0.15) is 13.2 Å². The quantitative estimate of drug-likeness (QED) is 0.722. The normalized spacial score (nSPS) is 14.6. The smallest absolute Gasteiger partial charge is 0.383 e. The fraction of sp³-hybridized carbons (Fsp3) is 1.00. The number of ether oxygens (including phenoxy) is 1. The summed E-state index contributed by atoms with van der Waals surface area (Å²) in [5, 5.41) is 0. The highest BCUT2D eigenvalue weighted by atomic mass is 19.4. The second-order valence-corrected chi connectivity index (χ2v) is 4.42. The van der Waals surface area contributed by atoms with Gasteiger partial charge in [0, 0.05) is 19.2 Å². The van der Waals surface area contributed by atoms with Gasteiger partial charge in [0.15, 0.2) is 0 Å². The number of alkyl halides is 3. The lowest BCUT2D eigenvalue weighted by atomic mass is 10.1. The third kappa shape index (κ3) is 7.57. The standard InChI is InChI=1S/C11H23F3N2O/c1-9(2)16(8-11(12,13)14)10(7-17-3)5-4-6-15/h9-10H,4-8,15H2,1-3H3. The second kappa shape index (κ2) is 7.89. The van der Waals surface area contributed by atoms with Crippen molar-refractivity contribution in [3.8, 4) is 0 Å². The molecule has 0 aliphatic carbocycles. The van der Waals surface area contributed by atoms with Crippen molar-refractivity contribution in [3.63, 3.8) is 0 Å². The number of methoxy groups -OCH3 is 1. The Balaban J connectivity index is 4.58. The number of hydrogen-bond acceptors (Lipinski definition) is 3. The highest BCUT2D eigenvalue weighted by Gasteiger charge is 2.34. The Morgan fingerprint density at radius 1 is 1.29 bits per heavy atom. The van der Waals surface area contributed by atoms with Gasteiger partial charge < -0.3 is 10.5 Å². The van der Waals surface area contributed by atoms with Gasteiger partial charge in [0.25, 0.3) is 0 Å². The van der Waals surface area contributed by atoms with E-state index in [0.717, 1.165) is 0 Å². The highest BCUT2D eigenvalue weighted by Crippen LogP contribution is 2.21. The van der Waals surface area contributed by atoms with E-state index in [2.05, 4.69) is 0 Å². The molecule has 0 aromatic rings. The molecule has 0 spiro atoms. The predicted molar refractivity (Wildman–Crippen MR) is 61.8 cm³/mol. The van der Waals surface area contributed by atoms with E-state index in [1.165, 1.54) is 12.0 Å². The van der Waals surface area contributed by atoms with Crippen LogP contribution in [-0.2, 0) is 4.74 Å². The molecule has 0 amide bonds.